The van der Waals surface area contributed by atoms with Crippen LogP contribution in [0.3, 0.4) is 0 Å². The molecule has 16 heavy (non-hydrogen) atoms. The molecule has 0 amide bonds. The van der Waals surface area contributed by atoms with E-state index < -0.39 is 0 Å². The first-order valence-corrected chi connectivity index (χ1v) is 6.24. The van der Waals surface area contributed by atoms with Crippen molar-refractivity contribution in [3.63, 3.8) is 0 Å². The van der Waals surface area contributed by atoms with Gasteiger partial charge < -0.3 is 10.1 Å². The van der Waals surface area contributed by atoms with Crippen molar-refractivity contribution in [1.29, 1.82) is 0 Å². The Bertz CT molecular complexity index is 380. The molecule has 4 rings (SSSR count). The number of rotatable bonds is 1. The summed E-state index contributed by atoms with van der Waals surface area (Å²) in [4.78, 5) is 0. The molecule has 0 spiro atoms. The van der Waals surface area contributed by atoms with E-state index in [0.29, 0.717) is 6.04 Å². The lowest BCUT2D eigenvalue weighted by Gasteiger charge is -2.34. The summed E-state index contributed by atoms with van der Waals surface area (Å²) in [6, 6.07) is 7.26. The topological polar surface area (TPSA) is 21.3 Å². The van der Waals surface area contributed by atoms with Crippen molar-refractivity contribution < 1.29 is 4.74 Å². The molecule has 2 atom stereocenters. The molecule has 1 N–H and O–H groups in total. The maximum Gasteiger partial charge on any atom is 0.119 e. The summed E-state index contributed by atoms with van der Waals surface area (Å²) in [5.41, 5.74) is 3.03. The fraction of sp³-hybridized carbons (Fsp3) is 0.571. The Kier molecular flexibility index (Phi) is 2.60. The summed E-state index contributed by atoms with van der Waals surface area (Å²) in [5.74, 6) is 1.83. The lowest BCUT2D eigenvalue weighted by molar-refractivity contribution is 0.296. The molecule has 1 saturated heterocycles. The predicted molar refractivity (Wildman–Crippen MR) is 64.9 cm³/mol. The maximum atomic E-state index is 5.31. The van der Waals surface area contributed by atoms with Crippen molar-refractivity contribution in [3.05, 3.63) is 29.3 Å². The zero-order chi connectivity index (χ0) is 11.0. The lowest BCUT2D eigenvalue weighted by atomic mass is 9.81. The van der Waals surface area contributed by atoms with Crippen LogP contribution in [0.15, 0.2) is 18.2 Å². The van der Waals surface area contributed by atoms with Crippen molar-refractivity contribution in [1.82, 2.24) is 5.32 Å². The van der Waals surface area contributed by atoms with Crippen LogP contribution in [0.1, 0.15) is 24.0 Å². The van der Waals surface area contributed by atoms with Crippen LogP contribution >= 0.6 is 0 Å². The molecule has 2 nitrogen and oxygen atoms in total. The summed E-state index contributed by atoms with van der Waals surface area (Å²) in [7, 11) is 1.75. The van der Waals surface area contributed by atoms with Crippen LogP contribution in [-0.2, 0) is 12.8 Å². The molecule has 2 unspecified atom stereocenters. The van der Waals surface area contributed by atoms with Gasteiger partial charge in [-0.05, 0) is 61.4 Å². The number of fused-ring (bicyclic) bond motifs is 2. The van der Waals surface area contributed by atoms with Gasteiger partial charge in [0, 0.05) is 6.04 Å². The van der Waals surface area contributed by atoms with E-state index in [2.05, 4.69) is 23.5 Å². The van der Waals surface area contributed by atoms with E-state index in [9.17, 15) is 0 Å². The number of hydrogen-bond acceptors (Lipinski definition) is 2. The summed E-state index contributed by atoms with van der Waals surface area (Å²) >= 11 is 0. The average Bonchev–Trinajstić information content (AvgIpc) is 2.29. The number of piperidine rings is 1. The zero-order valence-corrected chi connectivity index (χ0v) is 9.83. The number of ether oxygens (including phenoxy) is 1. The highest BCUT2D eigenvalue weighted by Crippen LogP contribution is 2.29. The van der Waals surface area contributed by atoms with E-state index in [1.54, 1.807) is 7.11 Å². The molecule has 3 aliphatic rings. The summed E-state index contributed by atoms with van der Waals surface area (Å²) in [6.45, 7) is 1.20. The summed E-state index contributed by atoms with van der Waals surface area (Å²) in [5, 5.41) is 3.66. The van der Waals surface area contributed by atoms with Gasteiger partial charge in [-0.1, -0.05) is 6.07 Å². The monoisotopic (exact) mass is 217 g/mol. The normalized spacial score (nSPS) is 28.1. The Morgan fingerprint density at radius 1 is 1.19 bits per heavy atom. The van der Waals surface area contributed by atoms with Crippen molar-refractivity contribution in [2.24, 2.45) is 5.92 Å². The van der Waals surface area contributed by atoms with Gasteiger partial charge in [-0.3, -0.25) is 0 Å². The highest BCUT2D eigenvalue weighted by atomic mass is 16.5. The van der Waals surface area contributed by atoms with Crippen LogP contribution in [0.4, 0.5) is 0 Å². The number of benzene rings is 1. The molecule has 2 heterocycles. The first-order chi connectivity index (χ1) is 7.85. The first-order valence-electron chi connectivity index (χ1n) is 6.24. The smallest absolute Gasteiger partial charge is 0.119 e. The highest BCUT2D eigenvalue weighted by Gasteiger charge is 2.25. The van der Waals surface area contributed by atoms with E-state index in [1.165, 1.54) is 43.4 Å². The van der Waals surface area contributed by atoms with Gasteiger partial charge in [0.15, 0.2) is 0 Å². The largest absolute Gasteiger partial charge is 0.497 e. The molecule has 1 aliphatic carbocycles. The van der Waals surface area contributed by atoms with Crippen LogP contribution in [0.25, 0.3) is 0 Å². The third kappa shape index (κ3) is 1.82. The van der Waals surface area contributed by atoms with E-state index in [-0.39, 0.29) is 0 Å². The Labute approximate surface area is 97.0 Å². The molecular formula is C14H19NO. The van der Waals surface area contributed by atoms with Gasteiger partial charge in [0.2, 0.25) is 0 Å². The SMILES string of the molecule is COc1ccc2c(c1)CC1CCC(CN1)C2. The van der Waals surface area contributed by atoms with Gasteiger partial charge in [0.1, 0.15) is 5.75 Å². The van der Waals surface area contributed by atoms with Gasteiger partial charge in [0.05, 0.1) is 7.11 Å². The molecular weight excluding hydrogens is 198 g/mol. The average molecular weight is 217 g/mol. The van der Waals surface area contributed by atoms with Crippen LogP contribution < -0.4 is 10.1 Å². The minimum atomic E-state index is 0.683. The summed E-state index contributed by atoms with van der Waals surface area (Å²) in [6.07, 6.45) is 5.13. The summed E-state index contributed by atoms with van der Waals surface area (Å²) < 4.78 is 5.31. The molecule has 2 aliphatic heterocycles. The van der Waals surface area contributed by atoms with Crippen LogP contribution in [0.5, 0.6) is 5.75 Å². The number of nitrogens with one attached hydrogen (secondary N) is 1. The predicted octanol–water partition coefficient (Wildman–Crippen LogP) is 2.16. The van der Waals surface area contributed by atoms with Gasteiger partial charge in [0.25, 0.3) is 0 Å². The van der Waals surface area contributed by atoms with Crippen LogP contribution in [0.2, 0.25) is 0 Å². The Morgan fingerprint density at radius 2 is 2.12 bits per heavy atom. The second-order valence-electron chi connectivity index (χ2n) is 5.09. The molecule has 0 aromatic heterocycles. The third-order valence-corrected chi connectivity index (χ3v) is 4.01. The molecule has 86 valence electrons. The lowest BCUT2D eigenvalue weighted by Crippen LogP contribution is -2.42. The second kappa shape index (κ2) is 4.10. The highest BCUT2D eigenvalue weighted by molar-refractivity contribution is 5.37. The molecule has 2 heteroatoms. The molecule has 1 fully saturated rings. The molecule has 0 radical (unpaired) electrons. The van der Waals surface area contributed by atoms with Crippen molar-refractivity contribution in [2.75, 3.05) is 13.7 Å². The Hall–Kier alpha value is -1.02. The number of methoxy groups -OCH3 is 1. The fourth-order valence-electron chi connectivity index (χ4n) is 3.02. The minimum Gasteiger partial charge on any atom is -0.497 e. The van der Waals surface area contributed by atoms with Crippen molar-refractivity contribution in [2.45, 2.75) is 31.7 Å². The molecule has 2 bridgehead atoms. The minimum absolute atomic E-state index is 0.683. The van der Waals surface area contributed by atoms with Gasteiger partial charge >= 0.3 is 0 Å². The molecule has 0 saturated carbocycles. The first kappa shape index (κ1) is 10.2. The quantitative estimate of drug-likeness (QED) is 0.778. The van der Waals surface area contributed by atoms with E-state index in [4.69, 9.17) is 4.74 Å². The molecule has 1 aromatic carbocycles. The van der Waals surface area contributed by atoms with E-state index in [0.717, 1.165) is 11.7 Å². The van der Waals surface area contributed by atoms with E-state index >= 15 is 0 Å². The van der Waals surface area contributed by atoms with E-state index in [1.807, 2.05) is 0 Å². The van der Waals surface area contributed by atoms with Crippen molar-refractivity contribution in [3.8, 4) is 5.75 Å². The van der Waals surface area contributed by atoms with Gasteiger partial charge in [-0.2, -0.15) is 0 Å². The third-order valence-electron chi connectivity index (χ3n) is 4.01. The Morgan fingerprint density at radius 3 is 2.88 bits per heavy atom. The molecule has 1 aromatic rings. The Balaban J connectivity index is 1.96. The van der Waals surface area contributed by atoms with Gasteiger partial charge in [-0.25, -0.2) is 0 Å². The fourth-order valence-corrected chi connectivity index (χ4v) is 3.02. The van der Waals surface area contributed by atoms with Crippen LogP contribution in [0, 0.1) is 5.92 Å². The van der Waals surface area contributed by atoms with Gasteiger partial charge in [-0.15, -0.1) is 0 Å². The standard InChI is InChI=1S/C14H19NO/c1-16-14-5-3-11-6-10-2-4-13(15-9-10)7-12(11)8-14/h3,5,8,10,13,15H,2,4,6-7,9H2,1H3. The van der Waals surface area contributed by atoms with Crippen LogP contribution in [-0.4, -0.2) is 19.7 Å². The number of hydrogen-bond donors (Lipinski definition) is 1. The zero-order valence-electron chi connectivity index (χ0n) is 9.83. The van der Waals surface area contributed by atoms with Crippen molar-refractivity contribution >= 4 is 0 Å². The maximum absolute atomic E-state index is 5.31. The second-order valence-corrected chi connectivity index (χ2v) is 5.09.